The number of aromatic nitrogens is 4. The van der Waals surface area contributed by atoms with Gasteiger partial charge in [-0.3, -0.25) is 9.99 Å². The molecule has 4 rings (SSSR count). The number of nitrogens with one attached hydrogen (secondary N) is 3. The Bertz CT molecular complexity index is 1510. The molecule has 0 aliphatic carbocycles. The molecule has 2 aromatic heterocycles. The van der Waals surface area contributed by atoms with Crippen molar-refractivity contribution in [2.75, 3.05) is 23.9 Å². The molecule has 192 valence electrons. The number of anilines is 3. The van der Waals surface area contributed by atoms with Crippen LogP contribution in [0.15, 0.2) is 77.2 Å². The highest BCUT2D eigenvalue weighted by Gasteiger charge is 2.13. The Morgan fingerprint density at radius 3 is 2.62 bits per heavy atom. The maximum atomic E-state index is 13.8. The molecule has 2 heterocycles. The first-order chi connectivity index (χ1) is 17.7. The van der Waals surface area contributed by atoms with E-state index < -0.39 is 10.0 Å². The Morgan fingerprint density at radius 1 is 1.14 bits per heavy atom. The van der Waals surface area contributed by atoms with E-state index in [0.717, 1.165) is 5.56 Å². The Morgan fingerprint density at radius 2 is 1.92 bits per heavy atom. The molecule has 4 N–H and O–H groups in total. The number of nitrogens with zero attached hydrogens (tertiary/aromatic N) is 5. The summed E-state index contributed by atoms with van der Waals surface area (Å²) in [6, 6.07) is 12.2. The standard InChI is InChI=1S/C24H25FN8O3S/c1-16-3-6-19(25)13-21(16)28-24-29-22(14-23(30-24)33-11-9-26-15-33)32-31-17(2)18-4-7-20(8-5-18)37(35,36)27-10-12-34/h3-9,11,13-15,27,34H,10,12H2,1-2H3,(H2,28,29,30,32). The van der Waals surface area contributed by atoms with Crippen LogP contribution < -0.4 is 15.5 Å². The number of aliphatic hydroxyl groups is 1. The van der Waals surface area contributed by atoms with E-state index in [0.29, 0.717) is 28.6 Å². The van der Waals surface area contributed by atoms with E-state index in [1.54, 1.807) is 54.5 Å². The van der Waals surface area contributed by atoms with Crippen LogP contribution in [0.5, 0.6) is 0 Å². The van der Waals surface area contributed by atoms with Crippen molar-refractivity contribution in [2.24, 2.45) is 5.10 Å². The zero-order valence-corrected chi connectivity index (χ0v) is 20.9. The summed E-state index contributed by atoms with van der Waals surface area (Å²) >= 11 is 0. The van der Waals surface area contributed by atoms with Crippen LogP contribution in [-0.4, -0.2) is 51.9 Å². The molecule has 4 aromatic rings. The lowest BCUT2D eigenvalue weighted by atomic mass is 10.1. The number of aliphatic hydroxyl groups excluding tert-OH is 1. The first-order valence-electron chi connectivity index (χ1n) is 11.2. The van der Waals surface area contributed by atoms with E-state index in [-0.39, 0.29) is 29.8 Å². The van der Waals surface area contributed by atoms with Crippen LogP contribution in [0.1, 0.15) is 18.1 Å². The summed E-state index contributed by atoms with van der Waals surface area (Å²) in [6.45, 7) is 3.24. The van der Waals surface area contributed by atoms with Gasteiger partial charge in [0.05, 0.1) is 17.2 Å². The van der Waals surface area contributed by atoms with E-state index in [2.05, 4.69) is 35.5 Å². The van der Waals surface area contributed by atoms with Crippen molar-refractivity contribution in [3.05, 3.63) is 84.2 Å². The van der Waals surface area contributed by atoms with Crippen molar-refractivity contribution >= 4 is 33.2 Å². The molecular formula is C24H25FN8O3S. The molecule has 37 heavy (non-hydrogen) atoms. The minimum absolute atomic E-state index is 0.0654. The van der Waals surface area contributed by atoms with Gasteiger partial charge in [0.2, 0.25) is 16.0 Å². The molecule has 0 atom stereocenters. The summed E-state index contributed by atoms with van der Waals surface area (Å²) < 4.78 is 42.2. The lowest BCUT2D eigenvalue weighted by Crippen LogP contribution is -2.26. The second-order valence-corrected chi connectivity index (χ2v) is 9.71. The number of halogens is 1. The Labute approximate surface area is 213 Å². The molecule has 0 bridgehead atoms. The first-order valence-corrected chi connectivity index (χ1v) is 12.7. The third-order valence-electron chi connectivity index (χ3n) is 5.25. The third kappa shape index (κ3) is 6.52. The number of benzene rings is 2. The fourth-order valence-corrected chi connectivity index (χ4v) is 4.29. The molecule has 2 aromatic carbocycles. The number of sulfonamides is 1. The maximum Gasteiger partial charge on any atom is 0.240 e. The first kappa shape index (κ1) is 25.9. The lowest BCUT2D eigenvalue weighted by molar-refractivity contribution is 0.301. The summed E-state index contributed by atoms with van der Waals surface area (Å²) in [5.74, 6) is 0.701. The van der Waals surface area contributed by atoms with Gasteiger partial charge in [-0.25, -0.2) is 22.5 Å². The summed E-state index contributed by atoms with van der Waals surface area (Å²) in [7, 11) is -3.70. The van der Waals surface area contributed by atoms with Crippen LogP contribution in [0.25, 0.3) is 5.82 Å². The van der Waals surface area contributed by atoms with Gasteiger partial charge < -0.3 is 10.4 Å². The minimum atomic E-state index is -3.70. The van der Waals surface area contributed by atoms with Crippen LogP contribution in [-0.2, 0) is 10.0 Å². The second-order valence-electron chi connectivity index (χ2n) is 7.94. The van der Waals surface area contributed by atoms with Crippen molar-refractivity contribution < 1.29 is 17.9 Å². The summed E-state index contributed by atoms with van der Waals surface area (Å²) in [5, 5.41) is 16.3. The predicted molar refractivity (Wildman–Crippen MR) is 138 cm³/mol. The molecule has 0 unspecified atom stereocenters. The van der Waals surface area contributed by atoms with Crippen LogP contribution in [0.2, 0.25) is 0 Å². The van der Waals surface area contributed by atoms with Gasteiger partial charge >= 0.3 is 0 Å². The topological polar surface area (TPSA) is 146 Å². The summed E-state index contributed by atoms with van der Waals surface area (Å²) in [5.41, 5.74) is 5.50. The van der Waals surface area contributed by atoms with Crippen molar-refractivity contribution in [1.82, 2.24) is 24.2 Å². The summed E-state index contributed by atoms with van der Waals surface area (Å²) in [6.07, 6.45) is 4.93. The van der Waals surface area contributed by atoms with Gasteiger partial charge in [-0.1, -0.05) is 18.2 Å². The van der Waals surface area contributed by atoms with Crippen LogP contribution in [0.4, 0.5) is 21.8 Å². The SMILES string of the molecule is CC(=NNc1cc(-n2ccnc2)nc(Nc2cc(F)ccc2C)n1)c1ccc(S(=O)(=O)NCCO)cc1. The molecule has 0 amide bonds. The zero-order valence-electron chi connectivity index (χ0n) is 20.1. The van der Waals surface area contributed by atoms with E-state index in [1.807, 2.05) is 6.92 Å². The van der Waals surface area contributed by atoms with Crippen LogP contribution in [0.3, 0.4) is 0 Å². The average molecular weight is 525 g/mol. The molecule has 0 saturated carbocycles. The number of hydrazone groups is 1. The van der Waals surface area contributed by atoms with Gasteiger partial charge in [0.15, 0.2) is 5.82 Å². The molecule has 0 spiro atoms. The van der Waals surface area contributed by atoms with Gasteiger partial charge in [0.1, 0.15) is 18.0 Å². The molecule has 13 heteroatoms. The molecule has 0 aliphatic rings. The number of rotatable bonds is 10. The Balaban J connectivity index is 1.58. The Hall–Kier alpha value is -4.20. The van der Waals surface area contributed by atoms with Gasteiger partial charge in [0, 0.05) is 30.7 Å². The van der Waals surface area contributed by atoms with Crippen molar-refractivity contribution in [3.8, 4) is 5.82 Å². The fraction of sp³-hybridized carbons (Fsp3) is 0.167. The molecular weight excluding hydrogens is 499 g/mol. The number of hydrogen-bond acceptors (Lipinski definition) is 9. The van der Waals surface area contributed by atoms with Gasteiger partial charge in [0.25, 0.3) is 0 Å². The third-order valence-corrected chi connectivity index (χ3v) is 6.73. The van der Waals surface area contributed by atoms with E-state index in [4.69, 9.17) is 5.11 Å². The number of imidazole rings is 1. The minimum Gasteiger partial charge on any atom is -0.395 e. The fourth-order valence-electron chi connectivity index (χ4n) is 3.27. The highest BCUT2D eigenvalue weighted by Crippen LogP contribution is 2.22. The maximum absolute atomic E-state index is 13.8. The van der Waals surface area contributed by atoms with E-state index in [9.17, 15) is 12.8 Å². The molecule has 0 radical (unpaired) electrons. The normalized spacial score (nSPS) is 11.9. The predicted octanol–water partition coefficient (Wildman–Crippen LogP) is 2.96. The smallest absolute Gasteiger partial charge is 0.240 e. The Kier molecular flexibility index (Phi) is 7.86. The van der Waals surface area contributed by atoms with Crippen LogP contribution >= 0.6 is 0 Å². The molecule has 11 nitrogen and oxygen atoms in total. The molecule has 0 fully saturated rings. The second kappa shape index (κ2) is 11.2. The van der Waals surface area contributed by atoms with E-state index >= 15 is 0 Å². The van der Waals surface area contributed by atoms with Crippen molar-refractivity contribution in [2.45, 2.75) is 18.7 Å². The number of aryl methyl sites for hydroxylation is 1. The molecule has 0 saturated heterocycles. The van der Waals surface area contributed by atoms with Crippen molar-refractivity contribution in [1.29, 1.82) is 0 Å². The van der Waals surface area contributed by atoms with Gasteiger partial charge in [-0.15, -0.1) is 0 Å². The highest BCUT2D eigenvalue weighted by molar-refractivity contribution is 7.89. The quantitative estimate of drug-likeness (QED) is 0.183. The zero-order chi connectivity index (χ0) is 26.4. The van der Waals surface area contributed by atoms with E-state index in [1.165, 1.54) is 24.3 Å². The average Bonchev–Trinajstić information content (AvgIpc) is 3.43. The molecule has 0 aliphatic heterocycles. The van der Waals surface area contributed by atoms with Crippen molar-refractivity contribution in [3.63, 3.8) is 0 Å². The highest BCUT2D eigenvalue weighted by atomic mass is 32.2. The van der Waals surface area contributed by atoms with Gasteiger partial charge in [-0.05, 0) is 49.2 Å². The monoisotopic (exact) mass is 524 g/mol. The van der Waals surface area contributed by atoms with Gasteiger partial charge in [-0.2, -0.15) is 15.1 Å². The summed E-state index contributed by atoms with van der Waals surface area (Å²) in [4.78, 5) is 13.1. The lowest BCUT2D eigenvalue weighted by Gasteiger charge is -2.12. The van der Waals surface area contributed by atoms with Crippen LogP contribution in [0, 0.1) is 12.7 Å². The largest absolute Gasteiger partial charge is 0.395 e. The number of hydrogen-bond donors (Lipinski definition) is 4.